The zero-order valence-electron chi connectivity index (χ0n) is 14.1. The summed E-state index contributed by atoms with van der Waals surface area (Å²) in [4.78, 5) is 0. The van der Waals surface area contributed by atoms with Gasteiger partial charge in [-0.2, -0.15) is 0 Å². The molecule has 5 atom stereocenters. The van der Waals surface area contributed by atoms with Gasteiger partial charge in [0.15, 0.2) is 0 Å². The third kappa shape index (κ3) is 4.22. The van der Waals surface area contributed by atoms with Crippen LogP contribution in [0.5, 0.6) is 0 Å². The van der Waals surface area contributed by atoms with E-state index in [9.17, 15) is 0 Å². The summed E-state index contributed by atoms with van der Waals surface area (Å²) in [7, 11) is 2.15. The van der Waals surface area contributed by atoms with E-state index in [1.54, 1.807) is 25.7 Å². The van der Waals surface area contributed by atoms with Crippen LogP contribution in [0.4, 0.5) is 0 Å². The fourth-order valence-corrected chi connectivity index (χ4v) is 5.60. The summed E-state index contributed by atoms with van der Waals surface area (Å²) in [6.07, 6.45) is 15.0. The molecular formula is C19H36N2. The van der Waals surface area contributed by atoms with E-state index in [0.29, 0.717) is 0 Å². The minimum absolute atomic E-state index is 0.933. The Labute approximate surface area is 131 Å². The van der Waals surface area contributed by atoms with Crippen molar-refractivity contribution in [1.29, 1.82) is 0 Å². The van der Waals surface area contributed by atoms with Crippen molar-refractivity contribution in [3.63, 3.8) is 0 Å². The maximum Gasteiger partial charge on any atom is -0.00204 e. The van der Waals surface area contributed by atoms with Gasteiger partial charge >= 0.3 is 0 Å². The van der Waals surface area contributed by atoms with E-state index in [0.717, 1.165) is 29.6 Å². The lowest BCUT2D eigenvalue weighted by Gasteiger charge is -2.43. The van der Waals surface area contributed by atoms with Gasteiger partial charge in [0.25, 0.3) is 0 Å². The smallest absolute Gasteiger partial charge is 0.00204 e. The second-order valence-electron chi connectivity index (χ2n) is 8.14. The molecule has 0 bridgehead atoms. The lowest BCUT2D eigenvalue weighted by atomic mass is 9.64. The number of nitrogens with one attached hydrogen (secondary N) is 2. The van der Waals surface area contributed by atoms with Crippen molar-refractivity contribution < 1.29 is 0 Å². The third-order valence-corrected chi connectivity index (χ3v) is 6.75. The molecule has 21 heavy (non-hydrogen) atoms. The number of piperidine rings is 1. The topological polar surface area (TPSA) is 24.1 Å². The predicted octanol–water partition coefficient (Wildman–Crippen LogP) is 3.82. The first-order valence-electron chi connectivity index (χ1n) is 9.72. The maximum absolute atomic E-state index is 3.61. The Morgan fingerprint density at radius 1 is 1.00 bits per heavy atom. The minimum Gasteiger partial charge on any atom is -0.319 e. The molecule has 0 aromatic carbocycles. The Morgan fingerprint density at radius 3 is 2.62 bits per heavy atom. The van der Waals surface area contributed by atoms with Crippen molar-refractivity contribution in [3.8, 4) is 0 Å². The summed E-state index contributed by atoms with van der Waals surface area (Å²) >= 11 is 0. The van der Waals surface area contributed by atoms with Crippen molar-refractivity contribution >= 4 is 0 Å². The van der Waals surface area contributed by atoms with Crippen LogP contribution < -0.4 is 10.6 Å². The van der Waals surface area contributed by atoms with E-state index in [1.165, 1.54) is 58.2 Å². The molecule has 1 aliphatic heterocycles. The highest BCUT2D eigenvalue weighted by atomic mass is 14.9. The number of hydrogen-bond donors (Lipinski definition) is 2. The van der Waals surface area contributed by atoms with Gasteiger partial charge in [0, 0.05) is 0 Å². The Bertz CT molecular complexity index is 298. The number of hydrogen-bond acceptors (Lipinski definition) is 2. The van der Waals surface area contributed by atoms with Gasteiger partial charge in [-0.15, -0.1) is 0 Å². The molecule has 0 radical (unpaired) electrons. The van der Waals surface area contributed by atoms with Gasteiger partial charge < -0.3 is 10.6 Å². The quantitative estimate of drug-likeness (QED) is 0.805. The SMILES string of the molecule is CNCC(CC1CCCNC1)C1CCC2CCCCC2C1. The summed E-state index contributed by atoms with van der Waals surface area (Å²) in [5.41, 5.74) is 0. The van der Waals surface area contributed by atoms with Crippen LogP contribution in [0.15, 0.2) is 0 Å². The molecule has 2 N–H and O–H groups in total. The van der Waals surface area contributed by atoms with E-state index in [-0.39, 0.29) is 0 Å². The fraction of sp³-hybridized carbons (Fsp3) is 1.00. The largest absolute Gasteiger partial charge is 0.319 e. The van der Waals surface area contributed by atoms with Crippen molar-refractivity contribution in [2.75, 3.05) is 26.7 Å². The van der Waals surface area contributed by atoms with E-state index in [1.807, 2.05) is 0 Å². The van der Waals surface area contributed by atoms with Crippen LogP contribution in [0.2, 0.25) is 0 Å². The van der Waals surface area contributed by atoms with Crippen LogP contribution in [-0.2, 0) is 0 Å². The van der Waals surface area contributed by atoms with Gasteiger partial charge in [0.1, 0.15) is 0 Å². The number of rotatable bonds is 5. The van der Waals surface area contributed by atoms with Gasteiger partial charge in [-0.05, 0) is 94.8 Å². The zero-order valence-corrected chi connectivity index (χ0v) is 14.1. The summed E-state index contributed by atoms with van der Waals surface area (Å²) in [5.74, 6) is 5.07. The second-order valence-corrected chi connectivity index (χ2v) is 8.14. The molecule has 122 valence electrons. The van der Waals surface area contributed by atoms with Crippen LogP contribution in [0.1, 0.15) is 64.2 Å². The van der Waals surface area contributed by atoms with Gasteiger partial charge in [0.2, 0.25) is 0 Å². The molecule has 3 rings (SSSR count). The zero-order chi connectivity index (χ0) is 14.5. The van der Waals surface area contributed by atoms with Crippen LogP contribution >= 0.6 is 0 Å². The first-order chi connectivity index (χ1) is 10.4. The minimum atomic E-state index is 0.933. The Kier molecular flexibility index (Phi) is 5.99. The first kappa shape index (κ1) is 15.8. The highest BCUT2D eigenvalue weighted by Crippen LogP contribution is 2.45. The summed E-state index contributed by atoms with van der Waals surface area (Å²) < 4.78 is 0. The summed E-state index contributed by atoms with van der Waals surface area (Å²) in [6, 6.07) is 0. The molecule has 0 aromatic heterocycles. The molecule has 2 aliphatic carbocycles. The second kappa shape index (κ2) is 7.97. The van der Waals surface area contributed by atoms with Crippen LogP contribution in [0.25, 0.3) is 0 Å². The molecule has 0 spiro atoms. The lowest BCUT2D eigenvalue weighted by Crippen LogP contribution is -2.38. The molecule has 5 unspecified atom stereocenters. The molecule has 0 amide bonds. The van der Waals surface area contributed by atoms with Gasteiger partial charge in [-0.1, -0.05) is 25.7 Å². The number of fused-ring (bicyclic) bond motifs is 1. The van der Waals surface area contributed by atoms with Crippen molar-refractivity contribution in [2.45, 2.75) is 64.2 Å². The molecule has 1 heterocycles. The normalized spacial score (nSPS) is 38.7. The Balaban J connectivity index is 1.55. The highest BCUT2D eigenvalue weighted by molar-refractivity contribution is 4.87. The predicted molar refractivity (Wildman–Crippen MR) is 90.4 cm³/mol. The highest BCUT2D eigenvalue weighted by Gasteiger charge is 2.35. The average Bonchev–Trinajstić information content (AvgIpc) is 2.55. The van der Waals surface area contributed by atoms with Gasteiger partial charge in [0.05, 0.1) is 0 Å². The molecule has 1 saturated heterocycles. The fourth-order valence-electron chi connectivity index (χ4n) is 5.60. The average molecular weight is 293 g/mol. The molecule has 2 nitrogen and oxygen atoms in total. The maximum atomic E-state index is 3.61. The standard InChI is InChI=1S/C19H36N2/c1-20-14-19(11-15-5-4-10-21-13-15)18-9-8-16-6-2-3-7-17(16)12-18/h15-21H,2-14H2,1H3. The van der Waals surface area contributed by atoms with Crippen LogP contribution in [0.3, 0.4) is 0 Å². The Morgan fingerprint density at radius 2 is 1.86 bits per heavy atom. The third-order valence-electron chi connectivity index (χ3n) is 6.75. The molecular weight excluding hydrogens is 256 g/mol. The van der Waals surface area contributed by atoms with Crippen molar-refractivity contribution in [2.24, 2.45) is 29.6 Å². The molecule has 0 aromatic rings. The van der Waals surface area contributed by atoms with Gasteiger partial charge in [-0.3, -0.25) is 0 Å². The van der Waals surface area contributed by atoms with E-state index < -0.39 is 0 Å². The molecule has 3 fully saturated rings. The first-order valence-corrected chi connectivity index (χ1v) is 9.72. The monoisotopic (exact) mass is 292 g/mol. The lowest BCUT2D eigenvalue weighted by molar-refractivity contribution is 0.0882. The Hall–Kier alpha value is -0.0800. The van der Waals surface area contributed by atoms with E-state index >= 15 is 0 Å². The van der Waals surface area contributed by atoms with Crippen LogP contribution in [0, 0.1) is 29.6 Å². The van der Waals surface area contributed by atoms with Crippen molar-refractivity contribution in [3.05, 3.63) is 0 Å². The van der Waals surface area contributed by atoms with E-state index in [4.69, 9.17) is 0 Å². The van der Waals surface area contributed by atoms with Crippen LogP contribution in [-0.4, -0.2) is 26.7 Å². The van der Waals surface area contributed by atoms with Gasteiger partial charge in [-0.25, -0.2) is 0 Å². The van der Waals surface area contributed by atoms with E-state index in [2.05, 4.69) is 17.7 Å². The molecule has 2 heteroatoms. The molecule has 2 saturated carbocycles. The summed E-state index contributed by atoms with van der Waals surface area (Å²) in [6.45, 7) is 3.78. The van der Waals surface area contributed by atoms with Crippen molar-refractivity contribution in [1.82, 2.24) is 10.6 Å². The molecule has 3 aliphatic rings. The summed E-state index contributed by atoms with van der Waals surface area (Å²) in [5, 5.41) is 7.12.